The number of nitrogens with zero attached hydrogens (tertiary/aromatic N) is 2. The molecule has 0 N–H and O–H groups in total. The van der Waals surface area contributed by atoms with E-state index in [2.05, 4.69) is 29.3 Å². The average molecular weight is 280 g/mol. The summed E-state index contributed by atoms with van der Waals surface area (Å²) in [7, 11) is 1.73. The fourth-order valence-corrected chi connectivity index (χ4v) is 3.30. The minimum atomic E-state index is 0.485. The van der Waals surface area contributed by atoms with Crippen LogP contribution in [0.4, 0.5) is 0 Å². The van der Waals surface area contributed by atoms with Gasteiger partial charge in [-0.3, -0.25) is 0 Å². The molecule has 0 spiro atoms. The Bertz CT molecular complexity index is 473. The first kappa shape index (κ1) is 13.5. The molecule has 5 heteroatoms. The molecule has 0 fully saturated rings. The van der Waals surface area contributed by atoms with Crippen LogP contribution in [0, 0.1) is 0 Å². The number of thioether (sulfide) groups is 1. The largest absolute Gasteiger partial charge is 0.384 e. The molecule has 2 aromatic rings. The number of hydrogen-bond donors (Lipinski definition) is 0. The van der Waals surface area contributed by atoms with Gasteiger partial charge in [-0.2, -0.15) is 0 Å². The van der Waals surface area contributed by atoms with Gasteiger partial charge in [-0.1, -0.05) is 48.6 Å². The lowest BCUT2D eigenvalue weighted by molar-refractivity contribution is 0.203. The zero-order valence-electron chi connectivity index (χ0n) is 10.5. The van der Waals surface area contributed by atoms with Crippen LogP contribution in [0.15, 0.2) is 30.3 Å². The standard InChI is InChI=1S/C13H16N2OS2/c1-10(8-16-2)17-9-12-14-15-13(18-12)11-6-4-3-5-7-11/h3-7,10H,8-9H2,1-2H3. The molecule has 0 aliphatic heterocycles. The van der Waals surface area contributed by atoms with Gasteiger partial charge in [-0.15, -0.1) is 22.0 Å². The molecule has 96 valence electrons. The quantitative estimate of drug-likeness (QED) is 0.811. The van der Waals surface area contributed by atoms with E-state index < -0.39 is 0 Å². The van der Waals surface area contributed by atoms with Crippen LogP contribution in [0.3, 0.4) is 0 Å². The molecule has 0 aliphatic rings. The minimum absolute atomic E-state index is 0.485. The van der Waals surface area contributed by atoms with E-state index in [-0.39, 0.29) is 0 Å². The molecule has 0 radical (unpaired) electrons. The Morgan fingerprint density at radius 3 is 2.78 bits per heavy atom. The highest BCUT2D eigenvalue weighted by atomic mass is 32.2. The maximum Gasteiger partial charge on any atom is 0.147 e. The van der Waals surface area contributed by atoms with Gasteiger partial charge >= 0.3 is 0 Å². The molecule has 2 rings (SSSR count). The monoisotopic (exact) mass is 280 g/mol. The summed E-state index contributed by atoms with van der Waals surface area (Å²) in [5, 5.41) is 11.0. The van der Waals surface area contributed by atoms with Crippen LogP contribution in [0.2, 0.25) is 0 Å². The first-order valence-electron chi connectivity index (χ1n) is 5.78. The van der Waals surface area contributed by atoms with E-state index in [9.17, 15) is 0 Å². The molecule has 0 amide bonds. The lowest BCUT2D eigenvalue weighted by Gasteiger charge is -2.07. The van der Waals surface area contributed by atoms with E-state index in [1.807, 2.05) is 30.0 Å². The van der Waals surface area contributed by atoms with Crippen LogP contribution < -0.4 is 0 Å². The first-order valence-corrected chi connectivity index (χ1v) is 7.64. The smallest absolute Gasteiger partial charge is 0.147 e. The molecule has 0 saturated carbocycles. The maximum atomic E-state index is 5.11. The Balaban J connectivity index is 1.95. The molecular weight excluding hydrogens is 264 g/mol. The van der Waals surface area contributed by atoms with Crippen LogP contribution in [0.5, 0.6) is 0 Å². The van der Waals surface area contributed by atoms with Gasteiger partial charge in [0.05, 0.1) is 6.61 Å². The summed E-state index contributed by atoms with van der Waals surface area (Å²) in [5.74, 6) is 0.898. The van der Waals surface area contributed by atoms with Crippen molar-refractivity contribution in [1.82, 2.24) is 10.2 Å². The van der Waals surface area contributed by atoms with Gasteiger partial charge in [-0.25, -0.2) is 0 Å². The van der Waals surface area contributed by atoms with Crippen molar-refractivity contribution in [2.24, 2.45) is 0 Å². The Kier molecular flexibility index (Phi) is 5.16. The van der Waals surface area contributed by atoms with E-state index >= 15 is 0 Å². The van der Waals surface area contributed by atoms with E-state index in [1.165, 1.54) is 0 Å². The third-order valence-corrected chi connectivity index (χ3v) is 4.68. The third-order valence-electron chi connectivity index (χ3n) is 2.38. The second-order valence-electron chi connectivity index (χ2n) is 3.94. The van der Waals surface area contributed by atoms with Crippen LogP contribution in [-0.2, 0) is 10.5 Å². The minimum Gasteiger partial charge on any atom is -0.384 e. The Labute approximate surface area is 116 Å². The van der Waals surface area contributed by atoms with Crippen molar-refractivity contribution in [2.75, 3.05) is 13.7 Å². The lowest BCUT2D eigenvalue weighted by Crippen LogP contribution is -2.05. The van der Waals surface area contributed by atoms with Crippen molar-refractivity contribution in [2.45, 2.75) is 17.9 Å². The molecular formula is C13H16N2OS2. The summed E-state index contributed by atoms with van der Waals surface area (Å²) in [5.41, 5.74) is 1.14. The number of benzene rings is 1. The van der Waals surface area contributed by atoms with Crippen LogP contribution >= 0.6 is 23.1 Å². The summed E-state index contributed by atoms with van der Waals surface area (Å²) in [6.07, 6.45) is 0. The summed E-state index contributed by atoms with van der Waals surface area (Å²) < 4.78 is 5.11. The van der Waals surface area contributed by atoms with Crippen molar-refractivity contribution in [1.29, 1.82) is 0 Å². The summed E-state index contributed by atoms with van der Waals surface area (Å²) in [4.78, 5) is 0. The van der Waals surface area contributed by atoms with Crippen molar-refractivity contribution >= 4 is 23.1 Å². The summed E-state index contributed by atoms with van der Waals surface area (Å²) in [6.45, 7) is 2.93. The second kappa shape index (κ2) is 6.87. The van der Waals surface area contributed by atoms with Gasteiger partial charge in [-0.05, 0) is 0 Å². The van der Waals surface area contributed by atoms with E-state index in [0.717, 1.165) is 27.9 Å². The van der Waals surface area contributed by atoms with Crippen molar-refractivity contribution in [3.05, 3.63) is 35.3 Å². The van der Waals surface area contributed by atoms with Crippen LogP contribution in [-0.4, -0.2) is 29.2 Å². The Morgan fingerprint density at radius 1 is 1.28 bits per heavy atom. The zero-order chi connectivity index (χ0) is 12.8. The van der Waals surface area contributed by atoms with Gasteiger partial charge in [0.1, 0.15) is 10.0 Å². The molecule has 1 aromatic heterocycles. The molecule has 1 aromatic carbocycles. The van der Waals surface area contributed by atoms with Crippen molar-refractivity contribution in [3.63, 3.8) is 0 Å². The molecule has 0 bridgehead atoms. The van der Waals surface area contributed by atoms with E-state index in [1.54, 1.807) is 18.4 Å². The Hall–Kier alpha value is -0.910. The number of methoxy groups -OCH3 is 1. The fraction of sp³-hybridized carbons (Fsp3) is 0.385. The molecule has 0 aliphatic carbocycles. The SMILES string of the molecule is COCC(C)SCc1nnc(-c2ccccc2)s1. The lowest BCUT2D eigenvalue weighted by atomic mass is 10.2. The van der Waals surface area contributed by atoms with Gasteiger partial charge < -0.3 is 4.74 Å². The van der Waals surface area contributed by atoms with Crippen molar-refractivity contribution in [3.8, 4) is 10.6 Å². The number of hydrogen-bond acceptors (Lipinski definition) is 5. The van der Waals surface area contributed by atoms with Crippen LogP contribution in [0.1, 0.15) is 11.9 Å². The number of rotatable bonds is 6. The zero-order valence-corrected chi connectivity index (χ0v) is 12.1. The first-order chi connectivity index (χ1) is 8.79. The van der Waals surface area contributed by atoms with Gasteiger partial charge in [0.2, 0.25) is 0 Å². The molecule has 3 nitrogen and oxygen atoms in total. The molecule has 1 atom stereocenters. The third kappa shape index (κ3) is 3.80. The number of ether oxygens (including phenoxy) is 1. The number of aromatic nitrogens is 2. The molecule has 1 heterocycles. The van der Waals surface area contributed by atoms with E-state index in [0.29, 0.717) is 5.25 Å². The predicted molar refractivity (Wildman–Crippen MR) is 78.0 cm³/mol. The topological polar surface area (TPSA) is 35.0 Å². The van der Waals surface area contributed by atoms with E-state index in [4.69, 9.17) is 4.74 Å². The molecule has 18 heavy (non-hydrogen) atoms. The van der Waals surface area contributed by atoms with Gasteiger partial charge in [0.25, 0.3) is 0 Å². The fourth-order valence-electron chi connectivity index (χ4n) is 1.51. The molecule has 0 saturated heterocycles. The highest BCUT2D eigenvalue weighted by molar-refractivity contribution is 7.99. The maximum absolute atomic E-state index is 5.11. The Morgan fingerprint density at radius 2 is 2.06 bits per heavy atom. The van der Waals surface area contributed by atoms with Gasteiger partial charge in [0, 0.05) is 23.7 Å². The normalized spacial score (nSPS) is 12.6. The van der Waals surface area contributed by atoms with Crippen molar-refractivity contribution < 1.29 is 4.74 Å². The summed E-state index contributed by atoms with van der Waals surface area (Å²) in [6, 6.07) is 10.2. The highest BCUT2D eigenvalue weighted by Gasteiger charge is 2.08. The second-order valence-corrected chi connectivity index (χ2v) is 6.43. The predicted octanol–water partition coefficient (Wildman–Crippen LogP) is 3.47. The van der Waals surface area contributed by atoms with Gasteiger partial charge in [0.15, 0.2) is 0 Å². The molecule has 1 unspecified atom stereocenters. The summed E-state index contributed by atoms with van der Waals surface area (Å²) >= 11 is 3.51. The van der Waals surface area contributed by atoms with Crippen LogP contribution in [0.25, 0.3) is 10.6 Å². The average Bonchev–Trinajstić information content (AvgIpc) is 2.87. The highest BCUT2D eigenvalue weighted by Crippen LogP contribution is 2.26.